The van der Waals surface area contributed by atoms with Crippen LogP contribution in [0.5, 0.6) is 5.88 Å². The van der Waals surface area contributed by atoms with Crippen LogP contribution in [-0.4, -0.2) is 46.4 Å². The van der Waals surface area contributed by atoms with E-state index in [2.05, 4.69) is 48.0 Å². The van der Waals surface area contributed by atoms with Crippen LogP contribution in [-0.2, 0) is 0 Å². The van der Waals surface area contributed by atoms with Gasteiger partial charge in [0.15, 0.2) is 5.16 Å². The normalized spacial score (nSPS) is 11.4. The lowest BCUT2D eigenvalue weighted by atomic mass is 10.2. The Labute approximate surface area is 125 Å². The molecule has 0 fully saturated rings. The first-order valence-corrected chi connectivity index (χ1v) is 7.98. The third-order valence-electron chi connectivity index (χ3n) is 2.94. The first-order chi connectivity index (χ1) is 9.47. The highest BCUT2D eigenvalue weighted by Gasteiger charge is 2.13. The maximum atomic E-state index is 5.72. The Kier molecular flexibility index (Phi) is 7.04. The van der Waals surface area contributed by atoms with Crippen LogP contribution in [0.4, 0.5) is 5.82 Å². The molecular weight excluding hydrogens is 274 g/mol. The number of thioether (sulfide) groups is 1. The number of hydrogen-bond acceptors (Lipinski definition) is 7. The molecule has 0 saturated carbocycles. The van der Waals surface area contributed by atoms with Crippen LogP contribution >= 0.6 is 11.8 Å². The van der Waals surface area contributed by atoms with Crippen molar-refractivity contribution >= 4 is 17.6 Å². The Bertz CT molecular complexity index is 383. The Balaban J connectivity index is 2.61. The monoisotopic (exact) mass is 299 g/mol. The van der Waals surface area contributed by atoms with Crippen molar-refractivity contribution in [3.05, 3.63) is 6.07 Å². The summed E-state index contributed by atoms with van der Waals surface area (Å²) in [5, 5.41) is 0.639. The molecular formula is C13H25N5OS. The molecule has 0 aliphatic heterocycles. The zero-order valence-corrected chi connectivity index (χ0v) is 13.7. The summed E-state index contributed by atoms with van der Waals surface area (Å²) in [4.78, 5) is 10.9. The van der Waals surface area contributed by atoms with Crippen molar-refractivity contribution in [2.45, 2.75) is 44.9 Å². The molecule has 0 aliphatic carbocycles. The number of hydrogen-bond donors (Lipinski definition) is 2. The lowest BCUT2D eigenvalue weighted by Crippen LogP contribution is -2.39. The van der Waals surface area contributed by atoms with Crippen LogP contribution < -0.4 is 16.0 Å². The fourth-order valence-electron chi connectivity index (χ4n) is 2.01. The predicted octanol–water partition coefficient (Wildman–Crippen LogP) is 1.98. The van der Waals surface area contributed by atoms with Gasteiger partial charge in [0.25, 0.3) is 0 Å². The maximum absolute atomic E-state index is 5.72. The molecule has 0 radical (unpaired) electrons. The molecule has 6 nitrogen and oxygen atoms in total. The number of nitrogens with one attached hydrogen (secondary N) is 1. The summed E-state index contributed by atoms with van der Waals surface area (Å²) in [5.41, 5.74) is 2.52. The topological polar surface area (TPSA) is 76.3 Å². The van der Waals surface area contributed by atoms with Gasteiger partial charge in [-0.05, 0) is 34.0 Å². The molecule has 0 aliphatic rings. The van der Waals surface area contributed by atoms with Crippen LogP contribution in [0.1, 0.15) is 27.7 Å². The Morgan fingerprint density at radius 2 is 1.95 bits per heavy atom. The molecule has 0 saturated heterocycles. The van der Waals surface area contributed by atoms with Crippen molar-refractivity contribution in [1.82, 2.24) is 14.9 Å². The van der Waals surface area contributed by atoms with E-state index in [1.165, 1.54) is 11.8 Å². The quantitative estimate of drug-likeness (QED) is 0.329. The number of nitrogen functional groups attached to an aromatic ring is 1. The van der Waals surface area contributed by atoms with Gasteiger partial charge in [-0.3, -0.25) is 4.90 Å². The second-order valence-corrected chi connectivity index (χ2v) is 5.77. The molecule has 0 unspecified atom stereocenters. The standard InChI is InChI=1S/C13H25N5OS/c1-9(2)18(10(3)4)6-7-19-12-8-11(17-14)15-13(16-12)20-5/h8-10H,6-7,14H2,1-5H3,(H,15,16,17). The number of rotatable bonds is 8. The number of nitrogens with two attached hydrogens (primary N) is 1. The van der Waals surface area contributed by atoms with Crippen molar-refractivity contribution in [1.29, 1.82) is 0 Å². The minimum absolute atomic E-state index is 0.493. The number of ether oxygens (including phenoxy) is 1. The summed E-state index contributed by atoms with van der Waals surface area (Å²) in [5.74, 6) is 6.49. The van der Waals surface area contributed by atoms with Gasteiger partial charge in [0.2, 0.25) is 5.88 Å². The van der Waals surface area contributed by atoms with E-state index in [1.54, 1.807) is 6.07 Å². The Hall–Kier alpha value is -1.05. The predicted molar refractivity (Wildman–Crippen MR) is 84.1 cm³/mol. The van der Waals surface area contributed by atoms with Gasteiger partial charge in [0, 0.05) is 24.7 Å². The van der Waals surface area contributed by atoms with Crippen molar-refractivity contribution in [3.8, 4) is 5.88 Å². The number of nitrogens with zero attached hydrogens (tertiary/aromatic N) is 3. The van der Waals surface area contributed by atoms with E-state index in [0.717, 1.165) is 6.54 Å². The molecule has 0 spiro atoms. The van der Waals surface area contributed by atoms with E-state index < -0.39 is 0 Å². The van der Waals surface area contributed by atoms with E-state index >= 15 is 0 Å². The lowest BCUT2D eigenvalue weighted by Gasteiger charge is -2.30. The summed E-state index contributed by atoms with van der Waals surface area (Å²) in [6, 6.07) is 2.69. The van der Waals surface area contributed by atoms with E-state index in [0.29, 0.717) is 35.5 Å². The first kappa shape index (κ1) is 17.0. The largest absolute Gasteiger partial charge is 0.476 e. The van der Waals surface area contributed by atoms with Gasteiger partial charge < -0.3 is 10.2 Å². The third-order valence-corrected chi connectivity index (χ3v) is 3.49. The van der Waals surface area contributed by atoms with E-state index in [-0.39, 0.29) is 0 Å². The fraction of sp³-hybridized carbons (Fsp3) is 0.692. The Morgan fingerprint density at radius 1 is 1.30 bits per heavy atom. The molecule has 1 heterocycles. The Morgan fingerprint density at radius 3 is 2.45 bits per heavy atom. The SMILES string of the molecule is CSc1nc(NN)cc(OCCN(C(C)C)C(C)C)n1. The van der Waals surface area contributed by atoms with Gasteiger partial charge >= 0.3 is 0 Å². The molecule has 7 heteroatoms. The molecule has 0 bridgehead atoms. The summed E-state index contributed by atoms with van der Waals surface area (Å²) in [6.07, 6.45) is 1.92. The minimum atomic E-state index is 0.493. The molecule has 3 N–H and O–H groups in total. The molecule has 0 aromatic carbocycles. The summed E-state index contributed by atoms with van der Waals surface area (Å²) >= 11 is 1.45. The van der Waals surface area contributed by atoms with Gasteiger partial charge in [0.05, 0.1) is 0 Å². The molecule has 1 aromatic rings. The van der Waals surface area contributed by atoms with E-state index in [1.807, 2.05) is 6.26 Å². The van der Waals surface area contributed by atoms with Crippen molar-refractivity contribution in [2.24, 2.45) is 5.84 Å². The van der Waals surface area contributed by atoms with E-state index in [4.69, 9.17) is 10.6 Å². The van der Waals surface area contributed by atoms with Crippen LogP contribution in [0.25, 0.3) is 0 Å². The van der Waals surface area contributed by atoms with Crippen LogP contribution in [0.2, 0.25) is 0 Å². The smallest absolute Gasteiger partial charge is 0.219 e. The van der Waals surface area contributed by atoms with Gasteiger partial charge in [-0.25, -0.2) is 10.8 Å². The lowest BCUT2D eigenvalue weighted by molar-refractivity contribution is 0.140. The summed E-state index contributed by atoms with van der Waals surface area (Å²) < 4.78 is 5.72. The molecule has 114 valence electrons. The van der Waals surface area contributed by atoms with Gasteiger partial charge in [-0.2, -0.15) is 4.98 Å². The van der Waals surface area contributed by atoms with E-state index in [9.17, 15) is 0 Å². The minimum Gasteiger partial charge on any atom is -0.476 e. The fourth-order valence-corrected chi connectivity index (χ4v) is 2.38. The van der Waals surface area contributed by atoms with Gasteiger partial charge in [0.1, 0.15) is 12.4 Å². The summed E-state index contributed by atoms with van der Waals surface area (Å²) in [6.45, 7) is 10.2. The molecule has 1 aromatic heterocycles. The highest BCUT2D eigenvalue weighted by Crippen LogP contribution is 2.18. The van der Waals surface area contributed by atoms with Gasteiger partial charge in [-0.15, -0.1) is 0 Å². The highest BCUT2D eigenvalue weighted by atomic mass is 32.2. The zero-order valence-electron chi connectivity index (χ0n) is 12.9. The molecule has 20 heavy (non-hydrogen) atoms. The first-order valence-electron chi connectivity index (χ1n) is 6.76. The third kappa shape index (κ3) is 5.15. The van der Waals surface area contributed by atoms with Crippen molar-refractivity contribution in [3.63, 3.8) is 0 Å². The maximum Gasteiger partial charge on any atom is 0.219 e. The highest BCUT2D eigenvalue weighted by molar-refractivity contribution is 7.98. The molecule has 1 rings (SSSR count). The van der Waals surface area contributed by atoms with Gasteiger partial charge in [-0.1, -0.05) is 11.8 Å². The summed E-state index contributed by atoms with van der Waals surface area (Å²) in [7, 11) is 0. The number of anilines is 1. The second-order valence-electron chi connectivity index (χ2n) is 5.00. The number of hydrazine groups is 1. The van der Waals surface area contributed by atoms with Crippen LogP contribution in [0, 0.1) is 0 Å². The number of aromatic nitrogens is 2. The average Bonchev–Trinajstić information content (AvgIpc) is 2.42. The van der Waals surface area contributed by atoms with Crippen molar-refractivity contribution in [2.75, 3.05) is 24.8 Å². The second kappa shape index (κ2) is 8.28. The van der Waals surface area contributed by atoms with Crippen molar-refractivity contribution < 1.29 is 4.74 Å². The van der Waals surface area contributed by atoms with Crippen LogP contribution in [0.3, 0.4) is 0 Å². The average molecular weight is 299 g/mol. The zero-order chi connectivity index (χ0) is 15.1. The van der Waals surface area contributed by atoms with Crippen LogP contribution in [0.15, 0.2) is 11.2 Å². The molecule has 0 amide bonds. The molecule has 0 atom stereocenters.